The largest absolute Gasteiger partial charge is 0.342 e. The van der Waals surface area contributed by atoms with E-state index < -0.39 is 11.7 Å². The van der Waals surface area contributed by atoms with Gasteiger partial charge in [-0.25, -0.2) is 4.39 Å². The molecule has 6 heteroatoms. The average Bonchev–Trinajstić information content (AvgIpc) is 3.03. The third-order valence-corrected chi connectivity index (χ3v) is 3.74. The minimum atomic E-state index is -0.517. The van der Waals surface area contributed by atoms with Crippen molar-refractivity contribution in [2.45, 2.75) is 39.3 Å². The van der Waals surface area contributed by atoms with Crippen molar-refractivity contribution >= 4 is 5.91 Å². The quantitative estimate of drug-likeness (QED) is 0.941. The molecule has 0 spiro atoms. The molecule has 0 fully saturated rings. The average molecular weight is 288 g/mol. The van der Waals surface area contributed by atoms with Gasteiger partial charge in [-0.15, -0.1) is 10.2 Å². The number of rotatable bonds is 3. The zero-order valence-corrected chi connectivity index (χ0v) is 12.1. The lowest BCUT2D eigenvalue weighted by atomic mass is 10.1. The molecule has 1 aliphatic heterocycles. The Kier molecular flexibility index (Phi) is 3.45. The molecule has 1 amide bonds. The number of nitrogens with one attached hydrogen (secondary N) is 1. The number of fused-ring (bicyclic) bond motifs is 1. The third kappa shape index (κ3) is 2.53. The van der Waals surface area contributed by atoms with Gasteiger partial charge in [0, 0.05) is 13.0 Å². The molecule has 1 aromatic carbocycles. The molecule has 1 aliphatic rings. The molecule has 1 unspecified atom stereocenters. The van der Waals surface area contributed by atoms with Crippen LogP contribution in [0.1, 0.15) is 47.0 Å². The summed E-state index contributed by atoms with van der Waals surface area (Å²) in [6.07, 6.45) is 1.96. The Balaban J connectivity index is 1.79. The fourth-order valence-electron chi connectivity index (χ4n) is 2.65. The number of hydrogen-bond acceptors (Lipinski definition) is 3. The zero-order chi connectivity index (χ0) is 15.0. The van der Waals surface area contributed by atoms with Crippen molar-refractivity contribution in [3.63, 3.8) is 0 Å². The van der Waals surface area contributed by atoms with E-state index >= 15 is 0 Å². The highest BCUT2D eigenvalue weighted by atomic mass is 19.1. The van der Waals surface area contributed by atoms with E-state index in [-0.39, 0.29) is 11.6 Å². The lowest BCUT2D eigenvalue weighted by molar-refractivity contribution is 0.0933. The van der Waals surface area contributed by atoms with Crippen LogP contribution < -0.4 is 5.32 Å². The van der Waals surface area contributed by atoms with Gasteiger partial charge in [-0.3, -0.25) is 4.79 Å². The van der Waals surface area contributed by atoms with Crippen LogP contribution in [0.15, 0.2) is 18.2 Å². The summed E-state index contributed by atoms with van der Waals surface area (Å²) in [6, 6.07) is 4.19. The number of halogens is 1. The number of benzene rings is 1. The second kappa shape index (κ2) is 5.27. The van der Waals surface area contributed by atoms with Crippen LogP contribution in [0.25, 0.3) is 0 Å². The summed E-state index contributed by atoms with van der Waals surface area (Å²) in [4.78, 5) is 12.2. The normalized spacial score (nSPS) is 14.8. The molecule has 5 nitrogen and oxygen atoms in total. The minimum Gasteiger partial charge on any atom is -0.342 e. The molecule has 2 aromatic rings. The molecular weight excluding hydrogens is 271 g/mol. The molecule has 0 aliphatic carbocycles. The van der Waals surface area contributed by atoms with Crippen LogP contribution in [-0.2, 0) is 13.0 Å². The van der Waals surface area contributed by atoms with E-state index in [4.69, 9.17) is 0 Å². The van der Waals surface area contributed by atoms with Gasteiger partial charge in [-0.05, 0) is 32.4 Å². The molecule has 110 valence electrons. The van der Waals surface area contributed by atoms with E-state index in [0.717, 1.165) is 36.6 Å². The highest BCUT2D eigenvalue weighted by Crippen LogP contribution is 2.19. The molecule has 0 saturated carbocycles. The molecule has 21 heavy (non-hydrogen) atoms. The first-order valence-corrected chi connectivity index (χ1v) is 7.05. The smallest absolute Gasteiger partial charge is 0.254 e. The van der Waals surface area contributed by atoms with Gasteiger partial charge in [-0.2, -0.15) is 0 Å². The zero-order valence-electron chi connectivity index (χ0n) is 12.1. The van der Waals surface area contributed by atoms with Gasteiger partial charge in [0.15, 0.2) is 5.82 Å². The van der Waals surface area contributed by atoms with Crippen LogP contribution in [-0.4, -0.2) is 20.7 Å². The number of amides is 1. The molecule has 2 heterocycles. The summed E-state index contributed by atoms with van der Waals surface area (Å²) in [5.41, 5.74) is 0.903. The Labute approximate surface area is 122 Å². The number of carbonyl (C=O) groups excluding carboxylic acids is 1. The number of nitrogens with zero attached hydrogens (tertiary/aromatic N) is 3. The molecule has 1 aromatic heterocycles. The summed E-state index contributed by atoms with van der Waals surface area (Å²) in [6.45, 7) is 4.53. The van der Waals surface area contributed by atoms with E-state index in [1.807, 2.05) is 18.4 Å². The molecule has 3 rings (SSSR count). The second-order valence-corrected chi connectivity index (χ2v) is 5.41. The lowest BCUT2D eigenvalue weighted by Crippen LogP contribution is -2.29. The first kappa shape index (κ1) is 13.7. The van der Waals surface area contributed by atoms with Crippen molar-refractivity contribution in [3.05, 3.63) is 46.8 Å². The predicted octanol–water partition coefficient (Wildman–Crippen LogP) is 2.16. The Morgan fingerprint density at radius 1 is 1.43 bits per heavy atom. The van der Waals surface area contributed by atoms with Gasteiger partial charge >= 0.3 is 0 Å². The maximum Gasteiger partial charge on any atom is 0.254 e. The maximum atomic E-state index is 13.7. The van der Waals surface area contributed by atoms with Gasteiger partial charge in [0.25, 0.3) is 5.91 Å². The standard InChI is InChI=1S/C15H17FN4O/c1-9-5-6-12(16)11(8-9)15(21)17-10(2)14-19-18-13-4-3-7-20(13)14/h5-6,8,10H,3-4,7H2,1-2H3,(H,17,21). The van der Waals surface area contributed by atoms with Gasteiger partial charge in [-0.1, -0.05) is 11.6 Å². The summed E-state index contributed by atoms with van der Waals surface area (Å²) in [5, 5.41) is 11.0. The first-order chi connectivity index (χ1) is 10.1. The third-order valence-electron chi connectivity index (χ3n) is 3.74. The van der Waals surface area contributed by atoms with E-state index in [9.17, 15) is 9.18 Å². The summed E-state index contributed by atoms with van der Waals surface area (Å²) in [7, 11) is 0. The van der Waals surface area contributed by atoms with Crippen LogP contribution in [0, 0.1) is 12.7 Å². The van der Waals surface area contributed by atoms with Crippen LogP contribution in [0.2, 0.25) is 0 Å². The predicted molar refractivity (Wildman–Crippen MR) is 75.4 cm³/mol. The fourth-order valence-corrected chi connectivity index (χ4v) is 2.65. The molecule has 0 bridgehead atoms. The van der Waals surface area contributed by atoms with Crippen molar-refractivity contribution in [1.82, 2.24) is 20.1 Å². The second-order valence-electron chi connectivity index (χ2n) is 5.41. The Morgan fingerprint density at radius 2 is 2.24 bits per heavy atom. The van der Waals surface area contributed by atoms with Crippen LogP contribution >= 0.6 is 0 Å². The topological polar surface area (TPSA) is 59.8 Å². The van der Waals surface area contributed by atoms with Gasteiger partial charge in [0.2, 0.25) is 0 Å². The highest BCUT2D eigenvalue weighted by Gasteiger charge is 2.23. The highest BCUT2D eigenvalue weighted by molar-refractivity contribution is 5.94. The first-order valence-electron chi connectivity index (χ1n) is 7.05. The number of aromatic nitrogens is 3. The van der Waals surface area contributed by atoms with Crippen molar-refractivity contribution in [2.24, 2.45) is 0 Å². The molecule has 0 radical (unpaired) electrons. The monoisotopic (exact) mass is 288 g/mol. The summed E-state index contributed by atoms with van der Waals surface area (Å²) in [5.74, 6) is 0.729. The van der Waals surface area contributed by atoms with E-state index in [0.29, 0.717) is 0 Å². The van der Waals surface area contributed by atoms with Crippen LogP contribution in [0.4, 0.5) is 4.39 Å². The van der Waals surface area contributed by atoms with Gasteiger partial charge < -0.3 is 9.88 Å². The van der Waals surface area contributed by atoms with E-state index in [2.05, 4.69) is 15.5 Å². The number of carbonyl (C=O) groups is 1. The van der Waals surface area contributed by atoms with Crippen molar-refractivity contribution in [2.75, 3.05) is 0 Å². The molecule has 1 atom stereocenters. The maximum absolute atomic E-state index is 13.7. The van der Waals surface area contributed by atoms with Gasteiger partial charge in [0.1, 0.15) is 11.6 Å². The van der Waals surface area contributed by atoms with Crippen LogP contribution in [0.5, 0.6) is 0 Å². The minimum absolute atomic E-state index is 0.0583. The van der Waals surface area contributed by atoms with Gasteiger partial charge in [0.05, 0.1) is 11.6 Å². The summed E-state index contributed by atoms with van der Waals surface area (Å²) >= 11 is 0. The number of aryl methyl sites for hydroxylation is 2. The molecule has 0 saturated heterocycles. The van der Waals surface area contributed by atoms with Crippen LogP contribution in [0.3, 0.4) is 0 Å². The molecule has 1 N–H and O–H groups in total. The summed E-state index contributed by atoms with van der Waals surface area (Å²) < 4.78 is 15.8. The Bertz CT molecular complexity index is 695. The van der Waals surface area contributed by atoms with E-state index in [1.165, 1.54) is 6.07 Å². The van der Waals surface area contributed by atoms with Crippen molar-refractivity contribution < 1.29 is 9.18 Å². The number of hydrogen-bond donors (Lipinski definition) is 1. The Hall–Kier alpha value is -2.24. The molecular formula is C15H17FN4O. The fraction of sp³-hybridized carbons (Fsp3) is 0.400. The van der Waals surface area contributed by atoms with Crippen molar-refractivity contribution in [1.29, 1.82) is 0 Å². The lowest BCUT2D eigenvalue weighted by Gasteiger charge is -2.14. The van der Waals surface area contributed by atoms with E-state index in [1.54, 1.807) is 12.1 Å². The SMILES string of the molecule is Cc1ccc(F)c(C(=O)NC(C)c2nnc3n2CCC3)c1. The van der Waals surface area contributed by atoms with Crippen molar-refractivity contribution in [3.8, 4) is 0 Å². The Morgan fingerprint density at radius 3 is 3.05 bits per heavy atom.